The highest BCUT2D eigenvalue weighted by atomic mass is 19.1. The Kier molecular flexibility index (Phi) is 4.49. The van der Waals surface area contributed by atoms with E-state index in [4.69, 9.17) is 9.47 Å². The molecule has 2 N–H and O–H groups in total. The van der Waals surface area contributed by atoms with E-state index in [-0.39, 0.29) is 17.5 Å². The van der Waals surface area contributed by atoms with Crippen molar-refractivity contribution in [2.75, 3.05) is 41.8 Å². The molecule has 150 valence electrons. The first-order valence-electron chi connectivity index (χ1n) is 9.83. The molecule has 3 aliphatic rings. The lowest BCUT2D eigenvalue weighted by Crippen LogP contribution is -2.45. The van der Waals surface area contributed by atoms with Gasteiger partial charge in [-0.2, -0.15) is 0 Å². The van der Waals surface area contributed by atoms with Gasteiger partial charge in [-0.3, -0.25) is 4.79 Å². The number of nitrogens with one attached hydrogen (secondary N) is 2. The second-order valence-electron chi connectivity index (χ2n) is 7.49. The van der Waals surface area contributed by atoms with E-state index in [1.54, 1.807) is 12.3 Å². The number of fused-ring (bicyclic) bond motifs is 1. The SMILES string of the molecule is O=C1Nc2cc(F)ccc2C1=CNc1ccc(N2CCC3(CC2)OCCO3)cc1. The van der Waals surface area contributed by atoms with Crippen molar-refractivity contribution in [1.82, 2.24) is 0 Å². The predicted octanol–water partition coefficient (Wildman–Crippen LogP) is 3.57. The average molecular weight is 395 g/mol. The van der Waals surface area contributed by atoms with Crippen LogP contribution in [0.4, 0.5) is 21.5 Å². The highest BCUT2D eigenvalue weighted by Crippen LogP contribution is 2.34. The summed E-state index contributed by atoms with van der Waals surface area (Å²) >= 11 is 0. The van der Waals surface area contributed by atoms with Crippen LogP contribution in [0.3, 0.4) is 0 Å². The van der Waals surface area contributed by atoms with E-state index in [9.17, 15) is 9.18 Å². The quantitative estimate of drug-likeness (QED) is 0.778. The number of amides is 1. The number of carbonyl (C=O) groups excluding carboxylic acids is 1. The van der Waals surface area contributed by atoms with Gasteiger partial charge in [-0.25, -0.2) is 4.39 Å². The van der Waals surface area contributed by atoms with Gasteiger partial charge in [0.1, 0.15) is 5.82 Å². The Bertz CT molecular complexity index is 958. The molecule has 1 amide bonds. The third-order valence-electron chi connectivity index (χ3n) is 5.72. The molecule has 0 aliphatic carbocycles. The Labute approximate surface area is 168 Å². The molecule has 2 fully saturated rings. The van der Waals surface area contributed by atoms with Gasteiger partial charge in [0.2, 0.25) is 0 Å². The molecule has 0 bridgehead atoms. The van der Waals surface area contributed by atoms with Crippen LogP contribution in [0.2, 0.25) is 0 Å². The summed E-state index contributed by atoms with van der Waals surface area (Å²) in [7, 11) is 0. The van der Waals surface area contributed by atoms with Crippen LogP contribution in [0.25, 0.3) is 5.57 Å². The summed E-state index contributed by atoms with van der Waals surface area (Å²) in [6, 6.07) is 12.4. The summed E-state index contributed by atoms with van der Waals surface area (Å²) < 4.78 is 24.9. The Morgan fingerprint density at radius 3 is 2.52 bits per heavy atom. The number of piperidine rings is 1. The van der Waals surface area contributed by atoms with E-state index >= 15 is 0 Å². The molecule has 0 aromatic heterocycles. The van der Waals surface area contributed by atoms with Crippen LogP contribution in [0.15, 0.2) is 48.7 Å². The van der Waals surface area contributed by atoms with Gasteiger partial charge in [-0.1, -0.05) is 0 Å². The number of hydrogen-bond donors (Lipinski definition) is 2. The van der Waals surface area contributed by atoms with Gasteiger partial charge < -0.3 is 25.0 Å². The van der Waals surface area contributed by atoms with Crippen LogP contribution >= 0.6 is 0 Å². The summed E-state index contributed by atoms with van der Waals surface area (Å²) in [5, 5.41) is 5.85. The smallest absolute Gasteiger partial charge is 0.257 e. The summed E-state index contributed by atoms with van der Waals surface area (Å²) in [5.74, 6) is -0.984. The third-order valence-corrected chi connectivity index (χ3v) is 5.72. The van der Waals surface area contributed by atoms with E-state index in [0.29, 0.717) is 30.0 Å². The molecule has 0 atom stereocenters. The first kappa shape index (κ1) is 18.1. The zero-order chi connectivity index (χ0) is 19.8. The second-order valence-corrected chi connectivity index (χ2v) is 7.49. The molecule has 0 unspecified atom stereocenters. The van der Waals surface area contributed by atoms with Crippen molar-refractivity contribution in [3.8, 4) is 0 Å². The van der Waals surface area contributed by atoms with Gasteiger partial charge >= 0.3 is 0 Å². The van der Waals surface area contributed by atoms with Crippen molar-refractivity contribution in [2.45, 2.75) is 18.6 Å². The zero-order valence-corrected chi connectivity index (χ0v) is 15.9. The second kappa shape index (κ2) is 7.17. The average Bonchev–Trinajstić information content (AvgIpc) is 3.31. The predicted molar refractivity (Wildman–Crippen MR) is 109 cm³/mol. The maximum atomic E-state index is 13.3. The Balaban J connectivity index is 1.25. The number of hydrogen-bond acceptors (Lipinski definition) is 5. The van der Waals surface area contributed by atoms with Gasteiger partial charge in [-0.15, -0.1) is 0 Å². The summed E-state index contributed by atoms with van der Waals surface area (Å²) in [6.07, 6.45) is 3.40. The Morgan fingerprint density at radius 2 is 1.79 bits per heavy atom. The van der Waals surface area contributed by atoms with Crippen molar-refractivity contribution >= 4 is 28.5 Å². The van der Waals surface area contributed by atoms with Gasteiger partial charge in [0, 0.05) is 49.1 Å². The fraction of sp³-hybridized carbons (Fsp3) is 0.318. The zero-order valence-electron chi connectivity index (χ0n) is 15.9. The minimum Gasteiger partial charge on any atom is -0.371 e. The van der Waals surface area contributed by atoms with Gasteiger partial charge in [-0.05, 0) is 42.5 Å². The molecule has 3 heterocycles. The standard InChI is InChI=1S/C22H22FN3O3/c23-15-1-6-18-19(21(27)25-20(18)13-15)14-24-16-2-4-17(5-3-16)26-9-7-22(8-10-26)28-11-12-29-22/h1-6,13-14,24H,7-12H2,(H,25,27). The van der Waals surface area contributed by atoms with Gasteiger partial charge in [0.25, 0.3) is 5.91 Å². The van der Waals surface area contributed by atoms with Crippen molar-refractivity contribution < 1.29 is 18.7 Å². The van der Waals surface area contributed by atoms with E-state index in [1.807, 2.05) is 12.1 Å². The number of carbonyl (C=O) groups is 1. The van der Waals surface area contributed by atoms with E-state index in [1.165, 1.54) is 12.1 Å². The van der Waals surface area contributed by atoms with Gasteiger partial charge in [0.15, 0.2) is 5.79 Å². The van der Waals surface area contributed by atoms with Crippen LogP contribution < -0.4 is 15.5 Å². The van der Waals surface area contributed by atoms with E-state index < -0.39 is 0 Å². The number of rotatable bonds is 3. The summed E-state index contributed by atoms with van der Waals surface area (Å²) in [4.78, 5) is 14.5. The monoisotopic (exact) mass is 395 g/mol. The highest BCUT2D eigenvalue weighted by molar-refractivity contribution is 6.31. The molecular weight excluding hydrogens is 373 g/mol. The molecule has 2 aromatic carbocycles. The lowest BCUT2D eigenvalue weighted by molar-refractivity contribution is -0.169. The van der Waals surface area contributed by atoms with Crippen LogP contribution in [0.1, 0.15) is 18.4 Å². The normalized spacial score (nSPS) is 21.5. The topological polar surface area (TPSA) is 62.8 Å². The van der Waals surface area contributed by atoms with Crippen LogP contribution in [0, 0.1) is 5.82 Å². The minimum atomic E-state index is -0.372. The number of benzene rings is 2. The van der Waals surface area contributed by atoms with Gasteiger partial charge in [0.05, 0.1) is 24.5 Å². The Morgan fingerprint density at radius 1 is 1.07 bits per heavy atom. The van der Waals surface area contributed by atoms with Crippen LogP contribution in [-0.2, 0) is 14.3 Å². The first-order valence-corrected chi connectivity index (χ1v) is 9.83. The molecule has 3 aliphatic heterocycles. The van der Waals surface area contributed by atoms with Crippen LogP contribution in [0.5, 0.6) is 0 Å². The fourth-order valence-electron chi connectivity index (χ4n) is 4.13. The molecule has 29 heavy (non-hydrogen) atoms. The molecular formula is C22H22FN3O3. The van der Waals surface area contributed by atoms with E-state index in [2.05, 4.69) is 27.7 Å². The number of halogens is 1. The third kappa shape index (κ3) is 3.47. The van der Waals surface area contributed by atoms with Crippen molar-refractivity contribution in [1.29, 1.82) is 0 Å². The maximum Gasteiger partial charge on any atom is 0.257 e. The van der Waals surface area contributed by atoms with Crippen molar-refractivity contribution in [2.24, 2.45) is 0 Å². The first-order chi connectivity index (χ1) is 14.1. The summed E-state index contributed by atoms with van der Waals surface area (Å²) in [6.45, 7) is 3.16. The maximum absolute atomic E-state index is 13.3. The molecule has 7 heteroatoms. The van der Waals surface area contributed by atoms with Crippen molar-refractivity contribution in [3.63, 3.8) is 0 Å². The Hall–Kier alpha value is -2.90. The number of ether oxygens (including phenoxy) is 2. The minimum absolute atomic E-state index is 0.242. The fourth-order valence-corrected chi connectivity index (χ4v) is 4.13. The molecule has 0 radical (unpaired) electrons. The van der Waals surface area contributed by atoms with E-state index in [0.717, 1.165) is 37.3 Å². The molecule has 1 spiro atoms. The molecule has 0 saturated carbocycles. The molecule has 6 nitrogen and oxygen atoms in total. The largest absolute Gasteiger partial charge is 0.371 e. The summed E-state index contributed by atoms with van der Waals surface area (Å²) in [5.41, 5.74) is 3.70. The molecule has 2 aromatic rings. The van der Waals surface area contributed by atoms with Crippen molar-refractivity contribution in [3.05, 3.63) is 60.0 Å². The number of anilines is 3. The molecule has 5 rings (SSSR count). The molecule has 2 saturated heterocycles. The van der Waals surface area contributed by atoms with Crippen LogP contribution in [-0.4, -0.2) is 38.0 Å². The lowest BCUT2D eigenvalue weighted by atomic mass is 10.0. The number of nitrogens with zero attached hydrogens (tertiary/aromatic N) is 1. The highest BCUT2D eigenvalue weighted by Gasteiger charge is 2.39. The lowest BCUT2D eigenvalue weighted by Gasteiger charge is -2.38.